The molecule has 11 heavy (non-hydrogen) atoms. The molecule has 64 valence electrons. The molecule has 0 aromatic heterocycles. The van der Waals surface area contributed by atoms with Crippen molar-refractivity contribution in [2.24, 2.45) is 23.7 Å². The van der Waals surface area contributed by atoms with E-state index < -0.39 is 0 Å². The molecule has 0 bridgehead atoms. The molecule has 0 radical (unpaired) electrons. The Bertz CT molecular complexity index is 155. The Morgan fingerprint density at radius 2 is 1.91 bits per heavy atom. The highest BCUT2D eigenvalue weighted by Gasteiger charge is 2.34. The highest BCUT2D eigenvalue weighted by molar-refractivity contribution is 5.11. The molecule has 1 fully saturated rings. The van der Waals surface area contributed by atoms with Crippen molar-refractivity contribution in [3.63, 3.8) is 0 Å². The van der Waals surface area contributed by atoms with Gasteiger partial charge in [-0.05, 0) is 30.1 Å². The molecule has 0 heterocycles. The Kier molecular flexibility index (Phi) is 2.41. The highest BCUT2D eigenvalue weighted by Crippen LogP contribution is 2.43. The summed E-state index contributed by atoms with van der Waals surface area (Å²) in [7, 11) is 0. The topological polar surface area (TPSA) is 0 Å². The van der Waals surface area contributed by atoms with E-state index in [4.69, 9.17) is 0 Å². The zero-order chi connectivity index (χ0) is 8.59. The molecule has 0 nitrogen and oxygen atoms in total. The van der Waals surface area contributed by atoms with E-state index in [0.717, 1.165) is 23.7 Å². The van der Waals surface area contributed by atoms with Gasteiger partial charge in [-0.2, -0.15) is 0 Å². The SMILES string of the molecule is C=C1CC(C)C(C)C1C(C)C. The largest absolute Gasteiger partial charge is 0.0996 e. The molecule has 0 amide bonds. The molecular weight excluding hydrogens is 132 g/mol. The van der Waals surface area contributed by atoms with Crippen molar-refractivity contribution in [3.05, 3.63) is 12.2 Å². The summed E-state index contributed by atoms with van der Waals surface area (Å²) in [5.41, 5.74) is 1.49. The summed E-state index contributed by atoms with van der Waals surface area (Å²) in [6, 6.07) is 0. The van der Waals surface area contributed by atoms with Crippen LogP contribution in [0.5, 0.6) is 0 Å². The molecule has 1 saturated carbocycles. The first kappa shape index (κ1) is 8.83. The maximum atomic E-state index is 4.16. The molecule has 1 aliphatic rings. The quantitative estimate of drug-likeness (QED) is 0.504. The number of allylic oxidation sites excluding steroid dienone is 1. The third-order valence-electron chi connectivity index (χ3n) is 3.24. The van der Waals surface area contributed by atoms with Gasteiger partial charge in [0.15, 0.2) is 0 Å². The smallest absolute Gasteiger partial charge is 0.0154 e. The normalized spacial score (nSPS) is 38.6. The molecule has 3 unspecified atom stereocenters. The molecule has 1 aliphatic carbocycles. The Balaban J connectivity index is 2.71. The molecule has 0 aromatic carbocycles. The fraction of sp³-hybridized carbons (Fsp3) is 0.818. The van der Waals surface area contributed by atoms with Crippen molar-refractivity contribution in [1.82, 2.24) is 0 Å². The summed E-state index contributed by atoms with van der Waals surface area (Å²) >= 11 is 0. The number of hydrogen-bond acceptors (Lipinski definition) is 0. The second kappa shape index (κ2) is 3.00. The Morgan fingerprint density at radius 1 is 1.36 bits per heavy atom. The molecule has 0 N–H and O–H groups in total. The van der Waals surface area contributed by atoms with Gasteiger partial charge >= 0.3 is 0 Å². The summed E-state index contributed by atoms with van der Waals surface area (Å²) in [4.78, 5) is 0. The van der Waals surface area contributed by atoms with E-state index in [-0.39, 0.29) is 0 Å². The van der Waals surface area contributed by atoms with Crippen molar-refractivity contribution in [1.29, 1.82) is 0 Å². The lowest BCUT2D eigenvalue weighted by Crippen LogP contribution is -2.15. The van der Waals surface area contributed by atoms with Gasteiger partial charge < -0.3 is 0 Å². The van der Waals surface area contributed by atoms with Gasteiger partial charge in [0, 0.05) is 0 Å². The maximum Gasteiger partial charge on any atom is -0.0154 e. The van der Waals surface area contributed by atoms with Crippen LogP contribution >= 0.6 is 0 Å². The third kappa shape index (κ3) is 1.50. The van der Waals surface area contributed by atoms with Crippen LogP contribution in [-0.4, -0.2) is 0 Å². The van der Waals surface area contributed by atoms with Crippen molar-refractivity contribution in [2.75, 3.05) is 0 Å². The summed E-state index contributed by atoms with van der Waals surface area (Å²) < 4.78 is 0. The van der Waals surface area contributed by atoms with Crippen molar-refractivity contribution < 1.29 is 0 Å². The lowest BCUT2D eigenvalue weighted by Gasteiger charge is -2.22. The predicted octanol–water partition coefficient (Wildman–Crippen LogP) is 3.49. The fourth-order valence-corrected chi connectivity index (χ4v) is 2.54. The number of rotatable bonds is 1. The standard InChI is InChI=1S/C11H20/c1-7(2)11-9(4)6-8(3)10(11)5/h7-8,10-11H,4,6H2,1-3,5H3. The average molecular weight is 152 g/mol. The van der Waals surface area contributed by atoms with Crippen LogP contribution in [0.3, 0.4) is 0 Å². The second-order valence-electron chi connectivity index (χ2n) is 4.47. The van der Waals surface area contributed by atoms with Gasteiger partial charge in [-0.1, -0.05) is 39.8 Å². The molecule has 0 spiro atoms. The zero-order valence-corrected chi connectivity index (χ0v) is 8.22. The first-order chi connectivity index (χ1) is 5.04. The van der Waals surface area contributed by atoms with E-state index in [1.165, 1.54) is 12.0 Å². The molecular formula is C11H20. The molecule has 0 aliphatic heterocycles. The summed E-state index contributed by atoms with van der Waals surface area (Å²) in [6.07, 6.45) is 1.25. The van der Waals surface area contributed by atoms with Gasteiger partial charge in [-0.3, -0.25) is 0 Å². The van der Waals surface area contributed by atoms with Crippen molar-refractivity contribution in [2.45, 2.75) is 34.1 Å². The molecule has 0 heteroatoms. The van der Waals surface area contributed by atoms with Crippen LogP contribution in [0.4, 0.5) is 0 Å². The van der Waals surface area contributed by atoms with E-state index in [1.54, 1.807) is 0 Å². The van der Waals surface area contributed by atoms with Gasteiger partial charge in [0.25, 0.3) is 0 Å². The van der Waals surface area contributed by atoms with Crippen LogP contribution in [0.25, 0.3) is 0 Å². The lowest BCUT2D eigenvalue weighted by molar-refractivity contribution is 0.305. The van der Waals surface area contributed by atoms with Crippen LogP contribution in [0.1, 0.15) is 34.1 Å². The minimum absolute atomic E-state index is 0.780. The lowest BCUT2D eigenvalue weighted by atomic mass is 9.83. The molecule has 3 atom stereocenters. The van der Waals surface area contributed by atoms with Crippen LogP contribution in [-0.2, 0) is 0 Å². The van der Waals surface area contributed by atoms with Crippen LogP contribution in [0.2, 0.25) is 0 Å². The Labute approximate surface area is 70.7 Å². The Hall–Kier alpha value is -0.260. The minimum Gasteiger partial charge on any atom is -0.0996 e. The van der Waals surface area contributed by atoms with E-state index in [2.05, 4.69) is 34.3 Å². The Morgan fingerprint density at radius 3 is 2.09 bits per heavy atom. The van der Waals surface area contributed by atoms with Crippen LogP contribution in [0.15, 0.2) is 12.2 Å². The third-order valence-corrected chi connectivity index (χ3v) is 3.24. The van der Waals surface area contributed by atoms with E-state index >= 15 is 0 Å². The van der Waals surface area contributed by atoms with Gasteiger partial charge in [0.1, 0.15) is 0 Å². The average Bonchev–Trinajstić information content (AvgIpc) is 2.07. The van der Waals surface area contributed by atoms with Gasteiger partial charge in [0.05, 0.1) is 0 Å². The van der Waals surface area contributed by atoms with Gasteiger partial charge in [-0.25, -0.2) is 0 Å². The van der Waals surface area contributed by atoms with E-state index in [9.17, 15) is 0 Å². The summed E-state index contributed by atoms with van der Waals surface area (Å²) in [5, 5.41) is 0. The highest BCUT2D eigenvalue weighted by atomic mass is 14.4. The van der Waals surface area contributed by atoms with E-state index in [0.29, 0.717) is 0 Å². The minimum atomic E-state index is 0.780. The predicted molar refractivity (Wildman–Crippen MR) is 50.4 cm³/mol. The zero-order valence-electron chi connectivity index (χ0n) is 8.22. The molecule has 1 rings (SSSR count). The molecule has 0 aromatic rings. The first-order valence-corrected chi connectivity index (χ1v) is 4.71. The molecule has 0 saturated heterocycles. The van der Waals surface area contributed by atoms with Crippen LogP contribution in [0, 0.1) is 23.7 Å². The summed E-state index contributed by atoms with van der Waals surface area (Å²) in [5.74, 6) is 3.27. The van der Waals surface area contributed by atoms with Gasteiger partial charge in [-0.15, -0.1) is 0 Å². The van der Waals surface area contributed by atoms with E-state index in [1.807, 2.05) is 0 Å². The first-order valence-electron chi connectivity index (χ1n) is 4.71. The van der Waals surface area contributed by atoms with Crippen molar-refractivity contribution in [3.8, 4) is 0 Å². The summed E-state index contributed by atoms with van der Waals surface area (Å²) in [6.45, 7) is 13.5. The van der Waals surface area contributed by atoms with Crippen molar-refractivity contribution >= 4 is 0 Å². The monoisotopic (exact) mass is 152 g/mol. The fourth-order valence-electron chi connectivity index (χ4n) is 2.54. The second-order valence-corrected chi connectivity index (χ2v) is 4.47. The van der Waals surface area contributed by atoms with Crippen LogP contribution < -0.4 is 0 Å². The number of hydrogen-bond donors (Lipinski definition) is 0. The maximum absolute atomic E-state index is 4.16. The van der Waals surface area contributed by atoms with Gasteiger partial charge in [0.2, 0.25) is 0 Å².